The van der Waals surface area contributed by atoms with Gasteiger partial charge in [-0.2, -0.15) is 0 Å². The maximum atomic E-state index is 8.25. The van der Waals surface area contributed by atoms with Gasteiger partial charge in [-0.25, -0.2) is 0 Å². The molecule has 14 heavy (non-hydrogen) atoms. The number of rotatable bonds is 0. The zero-order valence-electron chi connectivity index (χ0n) is 8.30. The van der Waals surface area contributed by atoms with Crippen molar-refractivity contribution in [2.24, 2.45) is 0 Å². The molecule has 0 amide bonds. The van der Waals surface area contributed by atoms with E-state index < -0.39 is 15.3 Å². The average Bonchev–Trinajstić information content (AvgIpc) is 1.54. The van der Waals surface area contributed by atoms with Crippen LogP contribution in [-0.4, -0.2) is 55.7 Å². The predicted molar refractivity (Wildman–Crippen MR) is 44.8 cm³/mol. The van der Waals surface area contributed by atoms with E-state index in [4.69, 9.17) is 46.0 Å². The summed E-state index contributed by atoms with van der Waals surface area (Å²) in [6.45, 7) is 0. The van der Waals surface area contributed by atoms with Crippen LogP contribution in [0.2, 0.25) is 0 Å². The summed E-state index contributed by atoms with van der Waals surface area (Å²) in [5, 5.41) is 44.2. The maximum absolute atomic E-state index is 8.25. The molecule has 0 unspecified atom stereocenters. The van der Waals surface area contributed by atoms with E-state index in [1.807, 2.05) is 0 Å². The molecule has 76 valence electrons. The van der Waals surface area contributed by atoms with E-state index in [9.17, 15) is 0 Å². The fraction of sp³-hybridized carbons (Fsp3) is 0. The number of hydrogen-bond acceptors (Lipinski definition) is 9. The average molecular weight is 239 g/mol. The molecule has 0 spiro atoms. The Kier molecular flexibility index (Phi) is 47.4. The molecule has 0 fully saturated rings. The van der Waals surface area contributed by atoms with Gasteiger partial charge in [0, 0.05) is 0 Å². The van der Waals surface area contributed by atoms with Gasteiger partial charge < -0.3 is 48.8 Å². The van der Waals surface area contributed by atoms with Crippen molar-refractivity contribution in [3.05, 3.63) is 46.0 Å². The van der Waals surface area contributed by atoms with Crippen LogP contribution in [0.5, 0.6) is 0 Å². The van der Waals surface area contributed by atoms with Crippen LogP contribution in [-0.2, 0) is 0 Å². The quantitative estimate of drug-likeness (QED) is 0.281. The van der Waals surface area contributed by atoms with Crippen LogP contribution < -0.4 is 0 Å². The first-order valence-electron chi connectivity index (χ1n) is 1.64. The number of hydrogen-bond donors (Lipinski definition) is 0. The Bertz CT molecular complexity index is 126. The Hall–Kier alpha value is -1.10. The van der Waals surface area contributed by atoms with E-state index in [-0.39, 0.29) is 43.3 Å². The molecule has 0 aromatic heterocycles. The van der Waals surface area contributed by atoms with E-state index in [0.29, 0.717) is 0 Å². The molecule has 0 N–H and O–H groups in total. The Morgan fingerprint density at radius 3 is 0.643 bits per heavy atom. The van der Waals surface area contributed by atoms with Gasteiger partial charge in [-0.15, -0.1) is 0 Å². The second-order valence-corrected chi connectivity index (χ2v) is 0.671. The molecule has 0 atom stereocenters. The molecule has 0 aliphatic rings. The molecule has 0 aromatic rings. The van der Waals surface area contributed by atoms with E-state index in [0.717, 1.165) is 0 Å². The zero-order chi connectivity index (χ0) is 10.7. The molecule has 0 saturated heterocycles. The second-order valence-electron chi connectivity index (χ2n) is 0.671. The largest absolute Gasteiger partial charge is 3.00 e. The Labute approximate surface area is 105 Å². The third-order valence-corrected chi connectivity index (χ3v) is 0. The molecule has 0 aromatic carbocycles. The van der Waals surface area contributed by atoms with E-state index in [1.165, 1.54) is 0 Å². The summed E-state index contributed by atoms with van der Waals surface area (Å²) < 4.78 is 0. The topological polar surface area (TPSA) is 199 Å². The van der Waals surface area contributed by atoms with Crippen molar-refractivity contribution in [1.82, 2.24) is 0 Å². The standard InChI is InChI=1S/Al.Mg.3NO3.2H/c;;3*2-1(3)4;;/q+3;+2;5*-1. The van der Waals surface area contributed by atoms with Gasteiger partial charge in [0.15, 0.2) is 0 Å². The van der Waals surface area contributed by atoms with Crippen LogP contribution in [0.25, 0.3) is 0 Å². The number of nitrogens with zero attached hydrogens (tertiary/aromatic N) is 3. The first-order chi connectivity index (χ1) is 5.20. The molecule has 12 nitrogen and oxygen atoms in total. The van der Waals surface area contributed by atoms with Gasteiger partial charge in [0.1, 0.15) is 0 Å². The minimum absolute atomic E-state index is 0. The maximum Gasteiger partial charge on any atom is 3.00 e. The van der Waals surface area contributed by atoms with E-state index in [2.05, 4.69) is 0 Å². The van der Waals surface area contributed by atoms with Gasteiger partial charge in [0.2, 0.25) is 0 Å². The van der Waals surface area contributed by atoms with Gasteiger partial charge >= 0.3 is 40.4 Å². The van der Waals surface area contributed by atoms with Crippen LogP contribution in [0.4, 0.5) is 0 Å². The molecule has 0 heterocycles. The third-order valence-electron chi connectivity index (χ3n) is 0. The third kappa shape index (κ3) is 880. The Balaban J connectivity index is -0.0000000135. The Morgan fingerprint density at radius 2 is 0.643 bits per heavy atom. The molecule has 0 bridgehead atoms. The van der Waals surface area contributed by atoms with Gasteiger partial charge in [-0.05, 0) is 0 Å². The molecule has 0 radical (unpaired) electrons. The van der Waals surface area contributed by atoms with Crippen LogP contribution >= 0.6 is 0 Å². The van der Waals surface area contributed by atoms with Crippen LogP contribution in [0, 0.1) is 46.0 Å². The SMILES string of the molecule is O=[N+]([O-])[O-].O=[N+]([O-])[O-].O=[N+]([O-])[O-].[Al+3].[H-].[H-].[Mg+2]. The van der Waals surface area contributed by atoms with Gasteiger partial charge in [0.05, 0.1) is 15.3 Å². The van der Waals surface area contributed by atoms with Gasteiger partial charge in [-0.1, -0.05) is 0 Å². The summed E-state index contributed by atoms with van der Waals surface area (Å²) in [6, 6.07) is 0. The van der Waals surface area contributed by atoms with Crippen molar-refractivity contribution in [2.45, 2.75) is 0 Å². The van der Waals surface area contributed by atoms with Crippen molar-refractivity contribution in [3.63, 3.8) is 0 Å². The van der Waals surface area contributed by atoms with Crippen molar-refractivity contribution >= 4 is 40.4 Å². The Morgan fingerprint density at radius 1 is 0.643 bits per heavy atom. The summed E-state index contributed by atoms with van der Waals surface area (Å²) in [6.07, 6.45) is 0. The van der Waals surface area contributed by atoms with Crippen LogP contribution in [0.3, 0.4) is 0 Å². The van der Waals surface area contributed by atoms with E-state index >= 15 is 0 Å². The van der Waals surface area contributed by atoms with Crippen molar-refractivity contribution < 1.29 is 18.1 Å². The summed E-state index contributed by atoms with van der Waals surface area (Å²) in [7, 11) is 0. The molecule has 0 aliphatic heterocycles. The minimum atomic E-state index is -1.75. The summed E-state index contributed by atoms with van der Waals surface area (Å²) in [4.78, 5) is 24.8. The van der Waals surface area contributed by atoms with Crippen LogP contribution in [0.15, 0.2) is 0 Å². The predicted octanol–water partition coefficient (Wildman–Crippen LogP) is -1.25. The molecular formula is H2AlMgN3O9. The molecule has 0 saturated carbocycles. The molecule has 0 rings (SSSR count). The van der Waals surface area contributed by atoms with Gasteiger partial charge in [0.25, 0.3) is 0 Å². The monoisotopic (exact) mass is 239 g/mol. The summed E-state index contributed by atoms with van der Waals surface area (Å²) in [5.41, 5.74) is 0. The molecular weight excluding hydrogens is 237 g/mol. The fourth-order valence-corrected chi connectivity index (χ4v) is 0. The van der Waals surface area contributed by atoms with Gasteiger partial charge in [-0.3, -0.25) is 0 Å². The first-order valence-corrected chi connectivity index (χ1v) is 1.64. The fourth-order valence-electron chi connectivity index (χ4n) is 0. The zero-order valence-corrected chi connectivity index (χ0v) is 8.87. The van der Waals surface area contributed by atoms with Crippen LogP contribution in [0.1, 0.15) is 2.85 Å². The summed E-state index contributed by atoms with van der Waals surface area (Å²) in [5.74, 6) is 0. The van der Waals surface area contributed by atoms with Crippen molar-refractivity contribution in [3.8, 4) is 0 Å². The minimum Gasteiger partial charge on any atom is -1.00 e. The molecule has 0 aliphatic carbocycles. The van der Waals surface area contributed by atoms with Crippen molar-refractivity contribution in [1.29, 1.82) is 0 Å². The van der Waals surface area contributed by atoms with Crippen molar-refractivity contribution in [2.75, 3.05) is 0 Å². The first kappa shape index (κ1) is 29.3. The summed E-state index contributed by atoms with van der Waals surface area (Å²) >= 11 is 0. The smallest absolute Gasteiger partial charge is 1.00 e. The molecule has 14 heteroatoms. The normalized spacial score (nSPS) is 5.14. The second kappa shape index (κ2) is 22.7. The van der Waals surface area contributed by atoms with E-state index in [1.54, 1.807) is 0 Å².